The standard InChI is InChI=1S/C29H22O5.2C14H12O2/c30-25(21-13-5-1-6-14-21)27(23-17-9-3-10-18-23)33-29(32)34-28(24-19-11-4-12-20-24)26(31)22-15-7-2-8-16-22;2*15-13(11-7-3-1-4-8-11)14(16)12-9-5-2-6-10-12/h1-20,27-28H;2*1-10,13,15H. The first kappa shape index (κ1) is 47.1. The smallest absolute Gasteiger partial charge is 0.418 e. The number of Topliss-reactive ketones (excluding diaryl/α,β-unsaturated/α-hetero) is 4. The van der Waals surface area contributed by atoms with E-state index in [0.29, 0.717) is 44.5 Å². The molecule has 0 saturated heterocycles. The lowest BCUT2D eigenvalue weighted by atomic mass is 9.99. The van der Waals surface area contributed by atoms with Gasteiger partial charge in [-0.1, -0.05) is 243 Å². The lowest BCUT2D eigenvalue weighted by Gasteiger charge is -2.21. The first-order valence-electron chi connectivity index (χ1n) is 21.0. The monoisotopic (exact) mass is 874 g/mol. The molecular weight excluding hydrogens is 829 g/mol. The Morgan fingerprint density at radius 1 is 0.273 bits per heavy atom. The zero-order valence-corrected chi connectivity index (χ0v) is 35.7. The zero-order valence-electron chi connectivity index (χ0n) is 35.7. The zero-order chi connectivity index (χ0) is 46.5. The summed E-state index contributed by atoms with van der Waals surface area (Å²) in [5.41, 5.74) is 4.08. The summed E-state index contributed by atoms with van der Waals surface area (Å²) in [6.07, 6.45) is -5.72. The van der Waals surface area contributed by atoms with Crippen LogP contribution in [0, 0.1) is 0 Å². The number of aliphatic hydroxyl groups is 2. The first-order chi connectivity index (χ1) is 32.2. The molecule has 2 N–H and O–H groups in total. The maximum atomic E-state index is 13.2. The van der Waals surface area contributed by atoms with Gasteiger partial charge in [0.05, 0.1) is 0 Å². The van der Waals surface area contributed by atoms with Gasteiger partial charge >= 0.3 is 6.16 Å². The number of ketones is 4. The number of aliphatic hydroxyl groups excluding tert-OH is 2. The summed E-state index contributed by atoms with van der Waals surface area (Å²) in [7, 11) is 0. The van der Waals surface area contributed by atoms with Crippen LogP contribution in [0.4, 0.5) is 4.79 Å². The summed E-state index contributed by atoms with van der Waals surface area (Å²) >= 11 is 0. The van der Waals surface area contributed by atoms with Crippen molar-refractivity contribution in [1.29, 1.82) is 0 Å². The molecule has 0 aliphatic carbocycles. The van der Waals surface area contributed by atoms with Gasteiger partial charge in [0, 0.05) is 33.4 Å². The molecule has 9 heteroatoms. The number of ether oxygens (including phenoxy) is 2. The molecule has 328 valence electrons. The predicted octanol–water partition coefficient (Wildman–Crippen LogP) is 11.6. The summed E-state index contributed by atoms with van der Waals surface area (Å²) in [6, 6.07) is 70.0. The van der Waals surface area contributed by atoms with Crippen molar-refractivity contribution in [1.82, 2.24) is 0 Å². The molecule has 4 unspecified atom stereocenters. The van der Waals surface area contributed by atoms with Crippen LogP contribution in [0.2, 0.25) is 0 Å². The number of rotatable bonds is 14. The van der Waals surface area contributed by atoms with Crippen LogP contribution in [0.1, 0.15) is 88.1 Å². The van der Waals surface area contributed by atoms with Gasteiger partial charge in [-0.2, -0.15) is 0 Å². The molecule has 0 amide bonds. The second-order valence-electron chi connectivity index (χ2n) is 14.6. The van der Waals surface area contributed by atoms with Gasteiger partial charge in [0.15, 0.2) is 23.8 Å². The first-order valence-corrected chi connectivity index (χ1v) is 21.0. The molecule has 0 fully saturated rings. The molecule has 0 aromatic heterocycles. The Morgan fingerprint density at radius 2 is 0.470 bits per heavy atom. The average molecular weight is 875 g/mol. The van der Waals surface area contributed by atoms with Gasteiger partial charge in [0.1, 0.15) is 12.2 Å². The lowest BCUT2D eigenvalue weighted by Crippen LogP contribution is -2.25. The summed E-state index contributed by atoms with van der Waals surface area (Å²) < 4.78 is 11.1. The van der Waals surface area contributed by atoms with E-state index in [2.05, 4.69) is 0 Å². The fourth-order valence-corrected chi connectivity index (χ4v) is 6.62. The van der Waals surface area contributed by atoms with Crippen molar-refractivity contribution in [2.75, 3.05) is 0 Å². The third kappa shape index (κ3) is 13.3. The molecule has 8 aromatic rings. The minimum atomic E-state index is -1.22. The highest BCUT2D eigenvalue weighted by Gasteiger charge is 2.31. The molecule has 4 atom stereocenters. The van der Waals surface area contributed by atoms with Crippen LogP contribution in [-0.2, 0) is 9.47 Å². The van der Waals surface area contributed by atoms with E-state index in [1.54, 1.807) is 218 Å². The van der Waals surface area contributed by atoms with Crippen molar-refractivity contribution in [3.8, 4) is 0 Å². The van der Waals surface area contributed by atoms with Crippen molar-refractivity contribution in [2.24, 2.45) is 0 Å². The van der Waals surface area contributed by atoms with E-state index in [1.165, 1.54) is 0 Å². The minimum Gasteiger partial charge on any atom is -0.418 e. The highest BCUT2D eigenvalue weighted by atomic mass is 16.7. The summed E-state index contributed by atoms with van der Waals surface area (Å²) in [5, 5.41) is 19.8. The molecule has 0 heterocycles. The Hall–Kier alpha value is -8.37. The van der Waals surface area contributed by atoms with Crippen LogP contribution < -0.4 is 0 Å². The Bertz CT molecular complexity index is 2550. The molecule has 9 nitrogen and oxygen atoms in total. The molecule has 0 bridgehead atoms. The lowest BCUT2D eigenvalue weighted by molar-refractivity contribution is 0.00266. The molecule has 0 aliphatic heterocycles. The van der Waals surface area contributed by atoms with Gasteiger partial charge in [-0.15, -0.1) is 0 Å². The van der Waals surface area contributed by atoms with Gasteiger partial charge in [0.25, 0.3) is 0 Å². The molecule has 0 radical (unpaired) electrons. The van der Waals surface area contributed by atoms with Gasteiger partial charge in [-0.3, -0.25) is 19.2 Å². The van der Waals surface area contributed by atoms with Gasteiger partial charge in [-0.05, 0) is 11.1 Å². The Kier molecular flexibility index (Phi) is 17.5. The normalized spacial score (nSPS) is 12.2. The van der Waals surface area contributed by atoms with E-state index in [-0.39, 0.29) is 11.6 Å². The van der Waals surface area contributed by atoms with E-state index >= 15 is 0 Å². The number of hydrogen-bond acceptors (Lipinski definition) is 9. The van der Waals surface area contributed by atoms with Crippen LogP contribution in [0.5, 0.6) is 0 Å². The van der Waals surface area contributed by atoms with E-state index < -0.39 is 42.1 Å². The molecule has 0 aliphatic rings. The fraction of sp³-hybridized carbons (Fsp3) is 0.0702. The molecule has 8 rings (SSSR count). The molecule has 0 spiro atoms. The predicted molar refractivity (Wildman–Crippen MR) is 252 cm³/mol. The fourth-order valence-electron chi connectivity index (χ4n) is 6.62. The number of carbonyl (C=O) groups is 5. The molecular formula is C57H46O9. The highest BCUT2D eigenvalue weighted by molar-refractivity contribution is 6.02. The van der Waals surface area contributed by atoms with Crippen LogP contribution in [-0.4, -0.2) is 39.5 Å². The van der Waals surface area contributed by atoms with E-state index in [0.717, 1.165) is 0 Å². The van der Waals surface area contributed by atoms with E-state index in [9.17, 15) is 34.2 Å². The van der Waals surface area contributed by atoms with Crippen molar-refractivity contribution < 1.29 is 43.7 Å². The topological polar surface area (TPSA) is 144 Å². The molecule has 0 saturated carbocycles. The highest BCUT2D eigenvalue weighted by Crippen LogP contribution is 2.28. The second-order valence-corrected chi connectivity index (χ2v) is 14.6. The summed E-state index contributed by atoms with van der Waals surface area (Å²) in [6.45, 7) is 0. The largest absolute Gasteiger partial charge is 0.510 e. The molecule has 66 heavy (non-hydrogen) atoms. The maximum Gasteiger partial charge on any atom is 0.510 e. The Balaban J connectivity index is 0.000000186. The SMILES string of the molecule is O=C(OC(C(=O)c1ccccc1)c1ccccc1)OC(C(=O)c1ccccc1)c1ccccc1.O=C(c1ccccc1)C(O)c1ccccc1.O=C(c1ccccc1)C(O)c1ccccc1. The van der Waals surface area contributed by atoms with Gasteiger partial charge < -0.3 is 19.7 Å². The van der Waals surface area contributed by atoms with Crippen molar-refractivity contribution in [3.05, 3.63) is 287 Å². The second kappa shape index (κ2) is 24.5. The summed E-state index contributed by atoms with van der Waals surface area (Å²) in [5.74, 6) is -1.33. The van der Waals surface area contributed by atoms with Gasteiger partial charge in [0.2, 0.25) is 11.6 Å². The number of hydrogen-bond donors (Lipinski definition) is 2. The summed E-state index contributed by atoms with van der Waals surface area (Å²) in [4.78, 5) is 63.1. The average Bonchev–Trinajstić information content (AvgIpc) is 3.40. The van der Waals surface area contributed by atoms with E-state index in [4.69, 9.17) is 9.47 Å². The third-order valence-corrected chi connectivity index (χ3v) is 10.1. The third-order valence-electron chi connectivity index (χ3n) is 10.1. The Morgan fingerprint density at radius 3 is 0.712 bits per heavy atom. The number of carbonyl (C=O) groups excluding carboxylic acids is 5. The molecule has 8 aromatic carbocycles. The van der Waals surface area contributed by atoms with Crippen molar-refractivity contribution >= 4 is 29.3 Å². The maximum absolute atomic E-state index is 13.2. The van der Waals surface area contributed by atoms with Crippen LogP contribution >= 0.6 is 0 Å². The van der Waals surface area contributed by atoms with Crippen LogP contribution in [0.15, 0.2) is 243 Å². The van der Waals surface area contributed by atoms with E-state index in [1.807, 2.05) is 24.3 Å². The number of benzene rings is 8. The van der Waals surface area contributed by atoms with Crippen molar-refractivity contribution in [3.63, 3.8) is 0 Å². The Labute approximate surface area is 383 Å². The van der Waals surface area contributed by atoms with Crippen LogP contribution in [0.3, 0.4) is 0 Å². The minimum absolute atomic E-state index is 0.271. The van der Waals surface area contributed by atoms with Crippen LogP contribution in [0.25, 0.3) is 0 Å². The van der Waals surface area contributed by atoms with Gasteiger partial charge in [-0.25, -0.2) is 4.79 Å². The van der Waals surface area contributed by atoms with Crippen molar-refractivity contribution in [2.45, 2.75) is 24.4 Å². The quantitative estimate of drug-likeness (QED) is 0.0805.